The third-order valence-electron chi connectivity index (χ3n) is 2.86. The number of benzene rings is 1. The number of nitrogens with zero attached hydrogens (tertiary/aromatic N) is 1. The molecule has 0 amide bonds. The van der Waals surface area contributed by atoms with Gasteiger partial charge in [-0.15, -0.1) is 11.3 Å². The highest BCUT2D eigenvalue weighted by atomic mass is 32.1. The molecule has 0 aliphatic heterocycles. The summed E-state index contributed by atoms with van der Waals surface area (Å²) >= 11 is 1.73. The van der Waals surface area contributed by atoms with Gasteiger partial charge in [0, 0.05) is 16.6 Å². The molecule has 0 radical (unpaired) electrons. The summed E-state index contributed by atoms with van der Waals surface area (Å²) in [7, 11) is 0. The van der Waals surface area contributed by atoms with E-state index in [1.165, 1.54) is 10.4 Å². The van der Waals surface area contributed by atoms with Crippen molar-refractivity contribution in [3.8, 4) is 5.75 Å². The van der Waals surface area contributed by atoms with Gasteiger partial charge in [0.15, 0.2) is 0 Å². The lowest BCUT2D eigenvalue weighted by atomic mass is 10.0. The SMILES string of the molecule is CCNC(c1cnc(C)s1)c1ccccc1OCC. The highest BCUT2D eigenvalue weighted by Gasteiger charge is 2.19. The van der Waals surface area contributed by atoms with Crippen LogP contribution in [0.3, 0.4) is 0 Å². The van der Waals surface area contributed by atoms with Crippen LogP contribution in [-0.2, 0) is 0 Å². The number of nitrogens with one attached hydrogen (secondary N) is 1. The molecule has 2 rings (SSSR count). The molecule has 1 aromatic heterocycles. The first-order chi connectivity index (χ1) is 9.26. The third kappa shape index (κ3) is 3.33. The smallest absolute Gasteiger partial charge is 0.124 e. The number of thiazole rings is 1. The zero-order valence-electron chi connectivity index (χ0n) is 11.6. The second-order valence-corrected chi connectivity index (χ2v) is 5.51. The Hall–Kier alpha value is -1.39. The molecule has 1 aromatic carbocycles. The molecule has 102 valence electrons. The maximum atomic E-state index is 5.74. The Bertz CT molecular complexity index is 524. The zero-order valence-corrected chi connectivity index (χ0v) is 12.5. The molecule has 0 aliphatic rings. The molecule has 4 heteroatoms. The topological polar surface area (TPSA) is 34.2 Å². The molecule has 1 unspecified atom stereocenters. The molecule has 19 heavy (non-hydrogen) atoms. The van der Waals surface area contributed by atoms with E-state index < -0.39 is 0 Å². The van der Waals surface area contributed by atoms with Crippen LogP contribution in [0.2, 0.25) is 0 Å². The van der Waals surface area contributed by atoms with Crippen LogP contribution in [-0.4, -0.2) is 18.1 Å². The number of rotatable bonds is 6. The van der Waals surface area contributed by atoms with Crippen molar-refractivity contribution in [3.63, 3.8) is 0 Å². The van der Waals surface area contributed by atoms with Crippen molar-refractivity contribution in [3.05, 3.63) is 45.9 Å². The molecule has 0 spiro atoms. The summed E-state index contributed by atoms with van der Waals surface area (Å²) in [6.45, 7) is 7.74. The first kappa shape index (κ1) is 14.0. The Labute approximate surface area is 118 Å². The predicted octanol–water partition coefficient (Wildman–Crippen LogP) is 3.55. The number of para-hydroxylation sites is 1. The van der Waals surface area contributed by atoms with Crippen LogP contribution in [0.25, 0.3) is 0 Å². The number of aryl methyl sites for hydroxylation is 1. The van der Waals surface area contributed by atoms with Crippen molar-refractivity contribution in [2.45, 2.75) is 26.8 Å². The van der Waals surface area contributed by atoms with Gasteiger partial charge in [-0.3, -0.25) is 0 Å². The molecule has 0 aliphatic carbocycles. The largest absolute Gasteiger partial charge is 0.494 e. The van der Waals surface area contributed by atoms with E-state index in [0.29, 0.717) is 6.61 Å². The highest BCUT2D eigenvalue weighted by molar-refractivity contribution is 7.11. The van der Waals surface area contributed by atoms with Crippen molar-refractivity contribution >= 4 is 11.3 Å². The third-order valence-corrected chi connectivity index (χ3v) is 3.84. The normalized spacial score (nSPS) is 12.4. The van der Waals surface area contributed by atoms with Crippen molar-refractivity contribution in [2.75, 3.05) is 13.2 Å². The minimum atomic E-state index is 0.152. The van der Waals surface area contributed by atoms with Gasteiger partial charge < -0.3 is 10.1 Å². The lowest BCUT2D eigenvalue weighted by Gasteiger charge is -2.19. The second-order valence-electron chi connectivity index (χ2n) is 4.24. The van der Waals surface area contributed by atoms with Gasteiger partial charge in [-0.1, -0.05) is 25.1 Å². The van der Waals surface area contributed by atoms with Crippen LogP contribution in [0.1, 0.15) is 35.3 Å². The Morgan fingerprint density at radius 2 is 2.11 bits per heavy atom. The fourth-order valence-electron chi connectivity index (χ4n) is 2.09. The van der Waals surface area contributed by atoms with Crippen LogP contribution in [0.5, 0.6) is 5.75 Å². The summed E-state index contributed by atoms with van der Waals surface area (Å²) in [5.74, 6) is 0.946. The van der Waals surface area contributed by atoms with Gasteiger partial charge in [0.2, 0.25) is 0 Å². The lowest BCUT2D eigenvalue weighted by molar-refractivity contribution is 0.334. The van der Waals surface area contributed by atoms with E-state index in [9.17, 15) is 0 Å². The van der Waals surface area contributed by atoms with E-state index in [4.69, 9.17) is 4.74 Å². The maximum Gasteiger partial charge on any atom is 0.124 e. The molecule has 0 saturated carbocycles. The molecule has 0 bridgehead atoms. The summed E-state index contributed by atoms with van der Waals surface area (Å²) in [4.78, 5) is 5.59. The molecule has 1 heterocycles. The van der Waals surface area contributed by atoms with E-state index in [1.807, 2.05) is 32.2 Å². The van der Waals surface area contributed by atoms with Crippen molar-refractivity contribution < 1.29 is 4.74 Å². The second kappa shape index (κ2) is 6.68. The van der Waals surface area contributed by atoms with Gasteiger partial charge in [0.05, 0.1) is 17.7 Å². The van der Waals surface area contributed by atoms with Gasteiger partial charge in [0.1, 0.15) is 5.75 Å². The summed E-state index contributed by atoms with van der Waals surface area (Å²) in [6, 6.07) is 8.36. The Kier molecular flexibility index (Phi) is 4.93. The summed E-state index contributed by atoms with van der Waals surface area (Å²) in [5.41, 5.74) is 1.18. The van der Waals surface area contributed by atoms with Gasteiger partial charge in [-0.05, 0) is 26.5 Å². The molecule has 0 fully saturated rings. The van der Waals surface area contributed by atoms with Crippen LogP contribution in [0, 0.1) is 6.92 Å². The van der Waals surface area contributed by atoms with E-state index in [-0.39, 0.29) is 6.04 Å². The van der Waals surface area contributed by atoms with Crippen molar-refractivity contribution in [2.24, 2.45) is 0 Å². The van der Waals surface area contributed by atoms with Gasteiger partial charge in [-0.25, -0.2) is 4.98 Å². The van der Waals surface area contributed by atoms with E-state index in [1.54, 1.807) is 11.3 Å². The van der Waals surface area contributed by atoms with Crippen molar-refractivity contribution in [1.82, 2.24) is 10.3 Å². The van der Waals surface area contributed by atoms with Gasteiger partial charge in [-0.2, -0.15) is 0 Å². The number of hydrogen-bond acceptors (Lipinski definition) is 4. The standard InChI is InChI=1S/C15H20N2OS/c1-4-16-15(14-10-17-11(3)19-14)12-8-6-7-9-13(12)18-5-2/h6-10,15-16H,4-5H2,1-3H3. The average molecular weight is 276 g/mol. The summed E-state index contributed by atoms with van der Waals surface area (Å²) in [5, 5.41) is 4.61. The Morgan fingerprint density at radius 3 is 2.74 bits per heavy atom. The molecular formula is C15H20N2OS. The zero-order chi connectivity index (χ0) is 13.7. The molecule has 3 nitrogen and oxygen atoms in total. The van der Waals surface area contributed by atoms with Gasteiger partial charge >= 0.3 is 0 Å². The van der Waals surface area contributed by atoms with Crippen LogP contribution in [0.15, 0.2) is 30.5 Å². The predicted molar refractivity (Wildman–Crippen MR) is 80.0 cm³/mol. The highest BCUT2D eigenvalue weighted by Crippen LogP contribution is 2.32. The van der Waals surface area contributed by atoms with Crippen LogP contribution >= 0.6 is 11.3 Å². The molecule has 1 N–H and O–H groups in total. The number of ether oxygens (including phenoxy) is 1. The first-order valence-electron chi connectivity index (χ1n) is 6.63. The fraction of sp³-hybridized carbons (Fsp3) is 0.400. The van der Waals surface area contributed by atoms with E-state index >= 15 is 0 Å². The van der Waals surface area contributed by atoms with Crippen LogP contribution < -0.4 is 10.1 Å². The molecule has 0 saturated heterocycles. The molecular weight excluding hydrogens is 256 g/mol. The quantitative estimate of drug-likeness (QED) is 0.876. The maximum absolute atomic E-state index is 5.74. The lowest BCUT2D eigenvalue weighted by Crippen LogP contribution is -2.21. The van der Waals surface area contributed by atoms with Crippen molar-refractivity contribution in [1.29, 1.82) is 0 Å². The number of hydrogen-bond donors (Lipinski definition) is 1. The summed E-state index contributed by atoms with van der Waals surface area (Å²) < 4.78 is 5.74. The minimum absolute atomic E-state index is 0.152. The van der Waals surface area contributed by atoms with E-state index in [2.05, 4.69) is 29.4 Å². The monoisotopic (exact) mass is 276 g/mol. The first-order valence-corrected chi connectivity index (χ1v) is 7.45. The molecule has 2 aromatic rings. The summed E-state index contributed by atoms with van der Waals surface area (Å²) in [6.07, 6.45) is 1.95. The van der Waals surface area contributed by atoms with Crippen LogP contribution in [0.4, 0.5) is 0 Å². The van der Waals surface area contributed by atoms with Gasteiger partial charge in [0.25, 0.3) is 0 Å². The fourth-order valence-corrected chi connectivity index (χ4v) is 2.97. The Balaban J connectivity index is 2.38. The van der Waals surface area contributed by atoms with E-state index in [0.717, 1.165) is 17.3 Å². The average Bonchev–Trinajstić information content (AvgIpc) is 2.84. The Morgan fingerprint density at radius 1 is 1.32 bits per heavy atom. The minimum Gasteiger partial charge on any atom is -0.494 e. The number of aromatic nitrogens is 1. The molecule has 1 atom stereocenters.